The van der Waals surface area contributed by atoms with Crippen LogP contribution in [0.2, 0.25) is 0 Å². The zero-order valence-electron chi connectivity index (χ0n) is 12.3. The Morgan fingerprint density at radius 2 is 1.95 bits per heavy atom. The number of nitrogens with zero attached hydrogens (tertiary/aromatic N) is 3. The normalized spacial score (nSPS) is 11.6. The van der Waals surface area contributed by atoms with Crippen molar-refractivity contribution < 1.29 is 0 Å². The van der Waals surface area contributed by atoms with Crippen LogP contribution in [0.3, 0.4) is 0 Å². The Morgan fingerprint density at radius 1 is 1.20 bits per heavy atom. The Balaban J connectivity index is 2.17. The molecule has 2 aromatic rings. The van der Waals surface area contributed by atoms with Crippen LogP contribution in [-0.4, -0.2) is 14.8 Å². The molecule has 0 bridgehead atoms. The highest BCUT2D eigenvalue weighted by Gasteiger charge is 2.17. The third kappa shape index (κ3) is 3.64. The van der Waals surface area contributed by atoms with Crippen LogP contribution >= 0.6 is 27.7 Å². The fourth-order valence-electron chi connectivity index (χ4n) is 2.04. The topological polar surface area (TPSA) is 30.7 Å². The lowest BCUT2D eigenvalue weighted by Crippen LogP contribution is -2.09. The van der Waals surface area contributed by atoms with Gasteiger partial charge in [-0.2, -0.15) is 0 Å². The number of benzene rings is 1. The minimum atomic E-state index is 0.382. The Bertz CT molecular complexity index is 578. The van der Waals surface area contributed by atoms with Gasteiger partial charge in [-0.25, -0.2) is 0 Å². The monoisotopic (exact) mass is 353 g/mol. The van der Waals surface area contributed by atoms with E-state index in [1.165, 1.54) is 5.56 Å². The summed E-state index contributed by atoms with van der Waals surface area (Å²) < 4.78 is 3.36. The highest BCUT2D eigenvalue weighted by Crippen LogP contribution is 2.28. The molecule has 3 nitrogen and oxygen atoms in total. The SMILES string of the molecule is CC(C)c1nnc(SCc2cccc(Br)c2)n1C(C)C. The molecule has 1 heterocycles. The minimum absolute atomic E-state index is 0.382. The van der Waals surface area contributed by atoms with Gasteiger partial charge in [0.05, 0.1) is 0 Å². The summed E-state index contributed by atoms with van der Waals surface area (Å²) >= 11 is 5.25. The van der Waals surface area contributed by atoms with Crippen LogP contribution in [0.15, 0.2) is 33.9 Å². The maximum absolute atomic E-state index is 4.36. The van der Waals surface area contributed by atoms with E-state index in [9.17, 15) is 0 Å². The number of rotatable bonds is 5. The quantitative estimate of drug-likeness (QED) is 0.705. The third-order valence-corrected chi connectivity index (χ3v) is 4.49. The molecule has 0 aliphatic carbocycles. The van der Waals surface area contributed by atoms with Crippen molar-refractivity contribution in [2.45, 2.75) is 50.6 Å². The van der Waals surface area contributed by atoms with Gasteiger partial charge in [0.15, 0.2) is 5.16 Å². The number of aromatic nitrogens is 3. The van der Waals surface area contributed by atoms with E-state index in [-0.39, 0.29) is 0 Å². The Morgan fingerprint density at radius 3 is 2.55 bits per heavy atom. The fraction of sp³-hybridized carbons (Fsp3) is 0.467. The summed E-state index contributed by atoms with van der Waals surface area (Å²) in [6, 6.07) is 8.77. The molecule has 20 heavy (non-hydrogen) atoms. The molecule has 1 aromatic carbocycles. The number of hydrogen-bond acceptors (Lipinski definition) is 3. The van der Waals surface area contributed by atoms with Crippen molar-refractivity contribution in [1.29, 1.82) is 0 Å². The van der Waals surface area contributed by atoms with Crippen molar-refractivity contribution in [3.63, 3.8) is 0 Å². The van der Waals surface area contributed by atoms with Gasteiger partial charge in [0, 0.05) is 22.2 Å². The predicted octanol–water partition coefficient (Wildman–Crippen LogP) is 5.04. The summed E-state index contributed by atoms with van der Waals surface area (Å²) in [5, 5.41) is 9.71. The van der Waals surface area contributed by atoms with Crippen LogP contribution in [0.5, 0.6) is 0 Å². The first-order valence-electron chi connectivity index (χ1n) is 6.81. The number of hydrogen-bond donors (Lipinski definition) is 0. The Labute approximate surface area is 133 Å². The first kappa shape index (κ1) is 15.6. The van der Waals surface area contributed by atoms with E-state index in [2.05, 4.69) is 76.6 Å². The molecular formula is C15H20BrN3S. The van der Waals surface area contributed by atoms with Gasteiger partial charge in [-0.1, -0.05) is 53.7 Å². The van der Waals surface area contributed by atoms with Gasteiger partial charge in [-0.15, -0.1) is 10.2 Å². The molecule has 0 spiro atoms. The lowest BCUT2D eigenvalue weighted by molar-refractivity contribution is 0.512. The summed E-state index contributed by atoms with van der Waals surface area (Å²) in [7, 11) is 0. The lowest BCUT2D eigenvalue weighted by atomic mass is 10.2. The van der Waals surface area contributed by atoms with Crippen LogP contribution < -0.4 is 0 Å². The average molecular weight is 354 g/mol. The van der Waals surface area contributed by atoms with Gasteiger partial charge in [0.2, 0.25) is 0 Å². The molecule has 0 fully saturated rings. The molecular weight excluding hydrogens is 334 g/mol. The highest BCUT2D eigenvalue weighted by atomic mass is 79.9. The fourth-order valence-corrected chi connectivity index (χ4v) is 3.50. The summed E-state index contributed by atoms with van der Waals surface area (Å²) in [5.41, 5.74) is 1.29. The lowest BCUT2D eigenvalue weighted by Gasteiger charge is -2.15. The van der Waals surface area contributed by atoms with E-state index in [0.29, 0.717) is 12.0 Å². The number of halogens is 1. The smallest absolute Gasteiger partial charge is 0.191 e. The molecule has 0 atom stereocenters. The van der Waals surface area contributed by atoms with E-state index in [1.807, 2.05) is 6.07 Å². The first-order chi connectivity index (χ1) is 9.49. The summed E-state index contributed by atoms with van der Waals surface area (Å²) in [6.45, 7) is 8.67. The van der Waals surface area contributed by atoms with Crippen molar-refractivity contribution in [1.82, 2.24) is 14.8 Å². The molecule has 0 radical (unpaired) electrons. The molecule has 1 aromatic heterocycles. The van der Waals surface area contributed by atoms with Crippen molar-refractivity contribution in [3.05, 3.63) is 40.1 Å². The maximum Gasteiger partial charge on any atom is 0.191 e. The molecule has 108 valence electrons. The summed E-state index contributed by atoms with van der Waals surface area (Å²) in [5.74, 6) is 2.37. The van der Waals surface area contributed by atoms with E-state index >= 15 is 0 Å². The molecule has 0 unspecified atom stereocenters. The van der Waals surface area contributed by atoms with E-state index in [4.69, 9.17) is 0 Å². The van der Waals surface area contributed by atoms with Crippen molar-refractivity contribution in [3.8, 4) is 0 Å². The van der Waals surface area contributed by atoms with E-state index in [1.54, 1.807) is 11.8 Å². The Kier molecular flexibility index (Phi) is 5.27. The average Bonchev–Trinajstić information content (AvgIpc) is 2.80. The standard InChI is InChI=1S/C15H20BrN3S/c1-10(2)14-17-18-15(19(14)11(3)4)20-9-12-6-5-7-13(16)8-12/h5-8,10-11H,9H2,1-4H3. The van der Waals surface area contributed by atoms with Crippen LogP contribution in [0.1, 0.15) is 51.0 Å². The zero-order chi connectivity index (χ0) is 14.7. The predicted molar refractivity (Wildman–Crippen MR) is 88.2 cm³/mol. The highest BCUT2D eigenvalue weighted by molar-refractivity contribution is 9.10. The molecule has 0 amide bonds. The Hall–Kier alpha value is -0.810. The summed E-state index contributed by atoms with van der Waals surface area (Å²) in [6.07, 6.45) is 0. The van der Waals surface area contributed by atoms with Crippen molar-refractivity contribution >= 4 is 27.7 Å². The third-order valence-electron chi connectivity index (χ3n) is 2.98. The van der Waals surface area contributed by atoms with Gasteiger partial charge in [-0.05, 0) is 31.5 Å². The second-order valence-electron chi connectivity index (χ2n) is 5.38. The van der Waals surface area contributed by atoms with Gasteiger partial charge in [-0.3, -0.25) is 0 Å². The molecule has 5 heteroatoms. The van der Waals surface area contributed by atoms with Crippen molar-refractivity contribution in [2.24, 2.45) is 0 Å². The maximum atomic E-state index is 4.36. The second kappa shape index (κ2) is 6.76. The molecule has 2 rings (SSSR count). The first-order valence-corrected chi connectivity index (χ1v) is 8.59. The molecule has 0 aliphatic heterocycles. The zero-order valence-corrected chi connectivity index (χ0v) is 14.7. The van der Waals surface area contributed by atoms with Gasteiger partial charge in [0.1, 0.15) is 5.82 Å². The van der Waals surface area contributed by atoms with E-state index in [0.717, 1.165) is 21.2 Å². The van der Waals surface area contributed by atoms with Crippen LogP contribution in [0.4, 0.5) is 0 Å². The molecule has 0 aliphatic rings. The van der Waals surface area contributed by atoms with Gasteiger partial charge < -0.3 is 4.57 Å². The minimum Gasteiger partial charge on any atom is -0.303 e. The van der Waals surface area contributed by atoms with Gasteiger partial charge >= 0.3 is 0 Å². The molecule has 0 N–H and O–H groups in total. The molecule has 0 saturated heterocycles. The second-order valence-corrected chi connectivity index (χ2v) is 7.24. The summed E-state index contributed by atoms with van der Waals surface area (Å²) in [4.78, 5) is 0. The van der Waals surface area contributed by atoms with Crippen molar-refractivity contribution in [2.75, 3.05) is 0 Å². The molecule has 0 saturated carbocycles. The van der Waals surface area contributed by atoms with Gasteiger partial charge in [0.25, 0.3) is 0 Å². The van der Waals surface area contributed by atoms with Crippen LogP contribution in [0, 0.1) is 0 Å². The largest absolute Gasteiger partial charge is 0.303 e. The van der Waals surface area contributed by atoms with E-state index < -0.39 is 0 Å². The van der Waals surface area contributed by atoms with Crippen LogP contribution in [0.25, 0.3) is 0 Å². The van der Waals surface area contributed by atoms with Crippen LogP contribution in [-0.2, 0) is 5.75 Å². The number of thioether (sulfide) groups is 1.